The van der Waals surface area contributed by atoms with Gasteiger partial charge in [0.15, 0.2) is 0 Å². The van der Waals surface area contributed by atoms with Gasteiger partial charge < -0.3 is 37.3 Å². The average molecular weight is 773 g/mol. The van der Waals surface area contributed by atoms with Crippen LogP contribution in [-0.2, 0) is 40.1 Å². The highest BCUT2D eigenvalue weighted by molar-refractivity contribution is 7.99. The molecule has 0 bridgehead atoms. The van der Waals surface area contributed by atoms with Gasteiger partial charge in [-0.25, -0.2) is 0 Å². The lowest BCUT2D eigenvalue weighted by Crippen LogP contribution is -2.57. The number of halogens is 4. The third kappa shape index (κ3) is 10.1. The second kappa shape index (κ2) is 18.3. The number of nitrogens with one attached hydrogen (secondary N) is 4. The van der Waals surface area contributed by atoms with Gasteiger partial charge in [-0.05, 0) is 86.1 Å². The highest BCUT2D eigenvalue weighted by Crippen LogP contribution is 2.41. The van der Waals surface area contributed by atoms with Gasteiger partial charge in [-0.3, -0.25) is 19.4 Å². The Morgan fingerprint density at radius 3 is 2.47 bits per heavy atom. The molecule has 0 aliphatic carbocycles. The predicted molar refractivity (Wildman–Crippen MR) is 199 cm³/mol. The predicted octanol–water partition coefficient (Wildman–Crippen LogP) is 4.90. The molecule has 3 atom stereocenters. The molecule has 53 heavy (non-hydrogen) atoms. The van der Waals surface area contributed by atoms with Crippen molar-refractivity contribution in [1.82, 2.24) is 30.8 Å². The summed E-state index contributed by atoms with van der Waals surface area (Å²) in [6.45, 7) is 0.604. The van der Waals surface area contributed by atoms with Crippen molar-refractivity contribution in [3.63, 3.8) is 0 Å². The third-order valence-electron chi connectivity index (χ3n) is 9.30. The maximum atomic E-state index is 14.4. The molecule has 284 valence electrons. The van der Waals surface area contributed by atoms with Crippen LogP contribution in [0.4, 0.5) is 13.2 Å². The van der Waals surface area contributed by atoms with Crippen LogP contribution < -0.4 is 27.4 Å². The summed E-state index contributed by atoms with van der Waals surface area (Å²) in [5, 5.41) is 9.74. The van der Waals surface area contributed by atoms with Gasteiger partial charge in [-0.15, -0.1) is 0 Å². The van der Waals surface area contributed by atoms with Gasteiger partial charge in [0, 0.05) is 65.8 Å². The Hall–Kier alpha value is -4.15. The molecular weight excluding hydrogens is 729 g/mol. The highest BCUT2D eigenvalue weighted by Gasteiger charge is 2.35. The first kappa shape index (κ1) is 40.0. The van der Waals surface area contributed by atoms with E-state index in [0.717, 1.165) is 40.4 Å². The van der Waals surface area contributed by atoms with Crippen LogP contribution in [0.15, 0.2) is 70.8 Å². The fourth-order valence-electron chi connectivity index (χ4n) is 6.33. The summed E-state index contributed by atoms with van der Waals surface area (Å²) in [6, 6.07) is 8.23. The van der Waals surface area contributed by atoms with Gasteiger partial charge in [-0.1, -0.05) is 41.6 Å². The van der Waals surface area contributed by atoms with Crippen molar-refractivity contribution in [2.75, 3.05) is 20.1 Å². The summed E-state index contributed by atoms with van der Waals surface area (Å²) in [5.41, 5.74) is 13.0. The Bertz CT molecular complexity index is 1910. The number of para-hydroxylation sites is 1. The SMILES string of the molecule is CN1C(=O)[C@H](CCCCN)NC(=O)[C@H](CCCN)NCc2ccncc2Sc2c(Cl)cc(C(F)(F)F)cc2CNC(=O)[C@@H]1Cc1c[nH]c2ccccc12. The Morgan fingerprint density at radius 1 is 0.962 bits per heavy atom. The van der Waals surface area contributed by atoms with Crippen molar-refractivity contribution in [3.05, 3.63) is 88.3 Å². The van der Waals surface area contributed by atoms with Crippen molar-refractivity contribution < 1.29 is 27.6 Å². The molecule has 0 unspecified atom stereocenters. The molecule has 3 amide bonds. The van der Waals surface area contributed by atoms with Crippen molar-refractivity contribution in [1.29, 1.82) is 0 Å². The number of aromatic nitrogens is 2. The number of fused-ring (bicyclic) bond motifs is 3. The molecule has 0 radical (unpaired) electrons. The molecule has 0 fully saturated rings. The van der Waals surface area contributed by atoms with Crippen LogP contribution in [0.3, 0.4) is 0 Å². The smallest absolute Gasteiger partial charge is 0.361 e. The number of alkyl halides is 3. The number of rotatable bonds is 9. The first-order chi connectivity index (χ1) is 25.4. The van der Waals surface area contributed by atoms with Crippen LogP contribution in [0.1, 0.15) is 54.4 Å². The van der Waals surface area contributed by atoms with E-state index >= 15 is 0 Å². The molecule has 1 aliphatic rings. The second-order valence-electron chi connectivity index (χ2n) is 13.0. The van der Waals surface area contributed by atoms with Crippen LogP contribution in [-0.4, -0.2) is 70.9 Å². The van der Waals surface area contributed by atoms with E-state index in [2.05, 4.69) is 25.9 Å². The number of benzene rings is 2. The first-order valence-corrected chi connectivity index (χ1v) is 18.6. The summed E-state index contributed by atoms with van der Waals surface area (Å²) in [7, 11) is 1.49. The van der Waals surface area contributed by atoms with Gasteiger partial charge in [0.2, 0.25) is 17.7 Å². The molecule has 0 saturated carbocycles. The molecule has 3 heterocycles. The van der Waals surface area contributed by atoms with Gasteiger partial charge in [-0.2, -0.15) is 13.2 Å². The Kier molecular flexibility index (Phi) is 13.8. The number of nitrogens with zero attached hydrogens (tertiary/aromatic N) is 2. The largest absolute Gasteiger partial charge is 0.416 e. The molecule has 0 spiro atoms. The standard InChI is InChI=1S/C37H44ClF3N8O3S/c1-49-31(16-23-19-45-28-8-3-2-7-26(23)28)35(51)47-20-24-15-25(37(39,40)41)17-27(38)33(24)53-32-21-44-14-11-22(32)18-46-29(10-6-13-43)34(50)48-30(36(49)52)9-4-5-12-42/h2-3,7-8,11,14-15,17,19,21,29-31,45-46H,4-6,9-10,12-13,16,18,20,42-43H2,1H3,(H,47,51)(H,48,50)/t29-,30-,31-/m0/s1. The van der Waals surface area contributed by atoms with E-state index in [-0.39, 0.29) is 36.5 Å². The van der Waals surface area contributed by atoms with Crippen LogP contribution in [0, 0.1) is 0 Å². The van der Waals surface area contributed by atoms with Crippen molar-refractivity contribution in [2.24, 2.45) is 11.5 Å². The number of pyridine rings is 1. The first-order valence-electron chi connectivity index (χ1n) is 17.4. The minimum absolute atomic E-state index is 0.0756. The van der Waals surface area contributed by atoms with Crippen molar-refractivity contribution in [2.45, 2.75) is 85.7 Å². The summed E-state index contributed by atoms with van der Waals surface area (Å²) >= 11 is 7.68. The molecule has 8 N–H and O–H groups in total. The van der Waals surface area contributed by atoms with E-state index in [9.17, 15) is 27.6 Å². The molecule has 5 rings (SSSR count). The van der Waals surface area contributed by atoms with E-state index in [4.69, 9.17) is 23.1 Å². The number of aromatic amines is 1. The number of hydrogen-bond donors (Lipinski definition) is 6. The zero-order chi connectivity index (χ0) is 38.1. The summed E-state index contributed by atoms with van der Waals surface area (Å²) in [6.07, 6.45) is 2.59. The van der Waals surface area contributed by atoms with Crippen LogP contribution in [0.2, 0.25) is 5.02 Å². The topological polar surface area (TPSA) is 171 Å². The number of carbonyl (C=O) groups excluding carboxylic acids is 3. The molecule has 16 heteroatoms. The number of nitrogens with two attached hydrogens (primary N) is 2. The molecular formula is C37H44ClF3N8O3S. The molecule has 4 aromatic rings. The number of likely N-dealkylation sites (N-methyl/N-ethyl adjacent to an activating group) is 1. The summed E-state index contributed by atoms with van der Waals surface area (Å²) < 4.78 is 42.2. The quantitative estimate of drug-likeness (QED) is 0.131. The Labute approximate surface area is 315 Å². The summed E-state index contributed by atoms with van der Waals surface area (Å²) in [4.78, 5) is 52.1. The van der Waals surface area contributed by atoms with Crippen molar-refractivity contribution in [3.8, 4) is 0 Å². The highest BCUT2D eigenvalue weighted by atomic mass is 35.5. The van der Waals surface area contributed by atoms with Gasteiger partial charge in [0.1, 0.15) is 12.1 Å². The number of hydrogen-bond acceptors (Lipinski definition) is 8. The lowest BCUT2D eigenvalue weighted by molar-refractivity contribution is -0.142. The van der Waals surface area contributed by atoms with E-state index in [0.29, 0.717) is 54.1 Å². The average Bonchev–Trinajstić information content (AvgIpc) is 3.55. The van der Waals surface area contributed by atoms with Gasteiger partial charge >= 0.3 is 6.18 Å². The number of carbonyl (C=O) groups is 3. The van der Waals surface area contributed by atoms with E-state index in [1.807, 2.05) is 24.3 Å². The lowest BCUT2D eigenvalue weighted by Gasteiger charge is -2.32. The third-order valence-corrected chi connectivity index (χ3v) is 11.0. The minimum atomic E-state index is -4.70. The molecule has 0 saturated heterocycles. The van der Waals surface area contributed by atoms with Crippen LogP contribution >= 0.6 is 23.4 Å². The molecule has 1 aliphatic heterocycles. The maximum Gasteiger partial charge on any atom is 0.416 e. The summed E-state index contributed by atoms with van der Waals surface area (Å²) in [5.74, 6) is -1.50. The number of unbranched alkanes of at least 4 members (excludes halogenated alkanes) is 1. The second-order valence-corrected chi connectivity index (χ2v) is 14.4. The van der Waals surface area contributed by atoms with E-state index in [1.165, 1.54) is 11.9 Å². The molecule has 2 aromatic carbocycles. The number of amides is 3. The van der Waals surface area contributed by atoms with Crippen LogP contribution in [0.25, 0.3) is 10.9 Å². The zero-order valence-electron chi connectivity index (χ0n) is 29.3. The fourth-order valence-corrected chi connectivity index (χ4v) is 7.71. The Morgan fingerprint density at radius 2 is 1.72 bits per heavy atom. The molecule has 11 nitrogen and oxygen atoms in total. The number of H-pyrrole nitrogens is 1. The fraction of sp³-hybridized carbons (Fsp3) is 0.405. The molecule has 2 aromatic heterocycles. The monoisotopic (exact) mass is 772 g/mol. The zero-order valence-corrected chi connectivity index (χ0v) is 30.8. The lowest BCUT2D eigenvalue weighted by atomic mass is 10.0. The van der Waals surface area contributed by atoms with E-state index < -0.39 is 47.6 Å². The minimum Gasteiger partial charge on any atom is -0.361 e. The maximum absolute atomic E-state index is 14.4. The van der Waals surface area contributed by atoms with Gasteiger partial charge in [0.05, 0.1) is 16.6 Å². The van der Waals surface area contributed by atoms with Crippen molar-refractivity contribution >= 4 is 52.0 Å². The van der Waals surface area contributed by atoms with Crippen LogP contribution in [0.5, 0.6) is 0 Å². The normalized spacial score (nSPS) is 19.3. The Balaban J connectivity index is 1.61. The van der Waals surface area contributed by atoms with E-state index in [1.54, 1.807) is 24.7 Å². The van der Waals surface area contributed by atoms with Gasteiger partial charge in [0.25, 0.3) is 0 Å².